The maximum absolute atomic E-state index is 12.1. The van der Waals surface area contributed by atoms with Crippen LogP contribution in [0.4, 0.5) is 5.69 Å². The highest BCUT2D eigenvalue weighted by atomic mass is 16.5. The highest BCUT2D eigenvalue weighted by molar-refractivity contribution is 6.04. The Morgan fingerprint density at radius 2 is 1.23 bits per heavy atom. The molecule has 3 aromatic carbocycles. The second-order valence-electron chi connectivity index (χ2n) is 4.76. The number of nitrogens with one attached hydrogen (secondary N) is 1. The van der Waals surface area contributed by atoms with Crippen molar-refractivity contribution in [3.8, 4) is 11.5 Å². The van der Waals surface area contributed by atoms with Crippen LogP contribution in [-0.4, -0.2) is 5.91 Å². The van der Waals surface area contributed by atoms with E-state index in [4.69, 9.17) is 4.74 Å². The molecule has 0 saturated carbocycles. The maximum Gasteiger partial charge on any atom is 0.255 e. The number of rotatable bonds is 4. The van der Waals surface area contributed by atoms with Crippen molar-refractivity contribution in [2.24, 2.45) is 0 Å². The van der Waals surface area contributed by atoms with Crippen molar-refractivity contribution in [1.29, 1.82) is 0 Å². The molecule has 3 nitrogen and oxygen atoms in total. The summed E-state index contributed by atoms with van der Waals surface area (Å²) in [7, 11) is 0. The number of hydrogen-bond acceptors (Lipinski definition) is 2. The molecule has 0 aliphatic heterocycles. The van der Waals surface area contributed by atoms with Gasteiger partial charge < -0.3 is 10.1 Å². The summed E-state index contributed by atoms with van der Waals surface area (Å²) in [6, 6.07) is 26.0. The lowest BCUT2D eigenvalue weighted by atomic mass is 10.2. The Labute approximate surface area is 129 Å². The molecule has 1 N–H and O–H groups in total. The first-order valence-electron chi connectivity index (χ1n) is 7.01. The second kappa shape index (κ2) is 6.59. The molecule has 3 heteroatoms. The van der Waals surface area contributed by atoms with Gasteiger partial charge in [0.15, 0.2) is 0 Å². The van der Waals surface area contributed by atoms with E-state index in [-0.39, 0.29) is 5.91 Å². The minimum absolute atomic E-state index is 0.141. The van der Waals surface area contributed by atoms with Crippen LogP contribution in [0, 0.1) is 0 Å². The van der Waals surface area contributed by atoms with Gasteiger partial charge in [0, 0.05) is 11.3 Å². The van der Waals surface area contributed by atoms with Gasteiger partial charge in [-0.25, -0.2) is 0 Å². The lowest BCUT2D eigenvalue weighted by Gasteiger charge is -2.07. The summed E-state index contributed by atoms with van der Waals surface area (Å²) >= 11 is 0. The molecule has 3 rings (SSSR count). The maximum atomic E-state index is 12.1. The van der Waals surface area contributed by atoms with Gasteiger partial charge in [0.05, 0.1) is 0 Å². The molecule has 0 aromatic heterocycles. The number of hydrogen-bond donors (Lipinski definition) is 1. The fourth-order valence-corrected chi connectivity index (χ4v) is 2.02. The second-order valence-corrected chi connectivity index (χ2v) is 4.76. The van der Waals surface area contributed by atoms with Crippen LogP contribution >= 0.6 is 0 Å². The largest absolute Gasteiger partial charge is 0.457 e. The molecule has 0 atom stereocenters. The van der Waals surface area contributed by atoms with E-state index < -0.39 is 0 Å². The predicted molar refractivity (Wildman–Crippen MR) is 87.4 cm³/mol. The molecule has 0 aliphatic carbocycles. The monoisotopic (exact) mass is 289 g/mol. The van der Waals surface area contributed by atoms with E-state index in [0.29, 0.717) is 11.3 Å². The van der Waals surface area contributed by atoms with Gasteiger partial charge in [0.25, 0.3) is 5.91 Å². The van der Waals surface area contributed by atoms with Gasteiger partial charge in [0.1, 0.15) is 11.5 Å². The third-order valence-corrected chi connectivity index (χ3v) is 3.13. The van der Waals surface area contributed by atoms with Gasteiger partial charge in [-0.1, -0.05) is 36.4 Å². The van der Waals surface area contributed by atoms with E-state index in [2.05, 4.69) is 5.32 Å². The minimum atomic E-state index is -0.141. The standard InChI is InChI=1S/C19H15NO2/c21-19(20-16-7-3-1-4-8-16)15-11-13-18(14-12-15)22-17-9-5-2-6-10-17/h1-14H,(H,20,21). The van der Waals surface area contributed by atoms with Crippen molar-refractivity contribution < 1.29 is 9.53 Å². The average molecular weight is 289 g/mol. The van der Waals surface area contributed by atoms with Crippen LogP contribution in [0.3, 0.4) is 0 Å². The van der Waals surface area contributed by atoms with Gasteiger partial charge in [-0.3, -0.25) is 4.79 Å². The van der Waals surface area contributed by atoms with Crippen LogP contribution in [0.25, 0.3) is 0 Å². The van der Waals surface area contributed by atoms with Crippen LogP contribution in [-0.2, 0) is 0 Å². The molecule has 0 saturated heterocycles. The van der Waals surface area contributed by atoms with Gasteiger partial charge in [-0.15, -0.1) is 0 Å². The van der Waals surface area contributed by atoms with E-state index >= 15 is 0 Å². The molecule has 0 unspecified atom stereocenters. The first kappa shape index (κ1) is 13.9. The Bertz CT molecular complexity index is 737. The molecule has 0 radical (unpaired) electrons. The Morgan fingerprint density at radius 3 is 1.86 bits per heavy atom. The van der Waals surface area contributed by atoms with Gasteiger partial charge in [-0.2, -0.15) is 0 Å². The molecular weight excluding hydrogens is 274 g/mol. The Kier molecular flexibility index (Phi) is 4.16. The molecule has 108 valence electrons. The molecule has 0 bridgehead atoms. The molecule has 0 fully saturated rings. The summed E-state index contributed by atoms with van der Waals surface area (Å²) in [5.74, 6) is 1.32. The van der Waals surface area contributed by atoms with Crippen LogP contribution in [0.5, 0.6) is 11.5 Å². The fraction of sp³-hybridized carbons (Fsp3) is 0. The lowest BCUT2D eigenvalue weighted by Crippen LogP contribution is -2.11. The van der Waals surface area contributed by atoms with E-state index in [1.165, 1.54) is 0 Å². The van der Waals surface area contributed by atoms with Crippen molar-refractivity contribution in [2.45, 2.75) is 0 Å². The number of benzene rings is 3. The van der Waals surface area contributed by atoms with Crippen molar-refractivity contribution >= 4 is 11.6 Å². The third-order valence-electron chi connectivity index (χ3n) is 3.13. The van der Waals surface area contributed by atoms with Crippen LogP contribution in [0.15, 0.2) is 84.9 Å². The Hall–Kier alpha value is -3.07. The summed E-state index contributed by atoms with van der Waals surface area (Å²) < 4.78 is 5.70. The molecule has 3 aromatic rings. The Morgan fingerprint density at radius 1 is 0.682 bits per heavy atom. The summed E-state index contributed by atoms with van der Waals surface area (Å²) in [6.45, 7) is 0. The smallest absolute Gasteiger partial charge is 0.255 e. The molecule has 1 amide bonds. The summed E-state index contributed by atoms with van der Waals surface area (Å²) in [5.41, 5.74) is 1.36. The van der Waals surface area contributed by atoms with Gasteiger partial charge in [0.2, 0.25) is 0 Å². The van der Waals surface area contributed by atoms with Crippen LogP contribution in [0.1, 0.15) is 10.4 Å². The SMILES string of the molecule is O=C(Nc1ccccc1)c1ccc(Oc2ccccc2)cc1. The normalized spacial score (nSPS) is 10.0. The molecule has 0 aliphatic rings. The van der Waals surface area contributed by atoms with Crippen molar-refractivity contribution in [2.75, 3.05) is 5.32 Å². The zero-order chi connectivity index (χ0) is 15.2. The van der Waals surface area contributed by atoms with Crippen molar-refractivity contribution in [1.82, 2.24) is 0 Å². The predicted octanol–water partition coefficient (Wildman–Crippen LogP) is 4.73. The summed E-state index contributed by atoms with van der Waals surface area (Å²) in [4.78, 5) is 12.1. The van der Waals surface area contributed by atoms with Crippen LogP contribution < -0.4 is 10.1 Å². The number of amides is 1. The quantitative estimate of drug-likeness (QED) is 0.754. The summed E-state index contributed by atoms with van der Waals surface area (Å²) in [5, 5.41) is 2.85. The minimum Gasteiger partial charge on any atom is -0.457 e. The first-order chi connectivity index (χ1) is 10.8. The summed E-state index contributed by atoms with van der Waals surface area (Å²) in [6.07, 6.45) is 0. The number of carbonyl (C=O) groups excluding carboxylic acids is 1. The average Bonchev–Trinajstić information content (AvgIpc) is 2.57. The zero-order valence-corrected chi connectivity index (χ0v) is 11.9. The Balaban J connectivity index is 1.67. The molecular formula is C19H15NO2. The van der Waals surface area contributed by atoms with Gasteiger partial charge >= 0.3 is 0 Å². The van der Waals surface area contributed by atoms with Crippen LogP contribution in [0.2, 0.25) is 0 Å². The first-order valence-corrected chi connectivity index (χ1v) is 7.01. The van der Waals surface area contributed by atoms with E-state index in [1.807, 2.05) is 60.7 Å². The van der Waals surface area contributed by atoms with E-state index in [1.54, 1.807) is 24.3 Å². The number of para-hydroxylation sites is 2. The van der Waals surface area contributed by atoms with Crippen molar-refractivity contribution in [3.63, 3.8) is 0 Å². The number of anilines is 1. The third kappa shape index (κ3) is 3.52. The lowest BCUT2D eigenvalue weighted by molar-refractivity contribution is 0.102. The highest BCUT2D eigenvalue weighted by Gasteiger charge is 2.06. The van der Waals surface area contributed by atoms with E-state index in [0.717, 1.165) is 11.4 Å². The number of carbonyl (C=O) groups is 1. The molecule has 0 heterocycles. The topological polar surface area (TPSA) is 38.3 Å². The zero-order valence-electron chi connectivity index (χ0n) is 11.9. The number of ether oxygens (including phenoxy) is 1. The van der Waals surface area contributed by atoms with E-state index in [9.17, 15) is 4.79 Å². The highest BCUT2D eigenvalue weighted by Crippen LogP contribution is 2.21. The fourth-order valence-electron chi connectivity index (χ4n) is 2.02. The van der Waals surface area contributed by atoms with Gasteiger partial charge in [-0.05, 0) is 48.5 Å². The van der Waals surface area contributed by atoms with Crippen molar-refractivity contribution in [3.05, 3.63) is 90.5 Å². The molecule has 0 spiro atoms. The molecule has 22 heavy (non-hydrogen) atoms.